The van der Waals surface area contributed by atoms with E-state index in [0.717, 1.165) is 15.7 Å². The summed E-state index contributed by atoms with van der Waals surface area (Å²) >= 11 is 9.64. The van der Waals surface area contributed by atoms with Crippen LogP contribution in [0, 0.1) is 11.8 Å². The van der Waals surface area contributed by atoms with Crippen LogP contribution in [0.4, 0.5) is 11.4 Å². The number of ketones is 1. The Morgan fingerprint density at radius 1 is 0.944 bits per heavy atom. The third-order valence-corrected chi connectivity index (χ3v) is 7.96. The zero-order valence-corrected chi connectivity index (χ0v) is 21.4. The number of fused-ring (bicyclic) bond motifs is 5. The number of imide groups is 1. The lowest BCUT2D eigenvalue weighted by molar-refractivity contribution is -0.122. The average Bonchev–Trinajstić information content (AvgIpc) is 3.36. The van der Waals surface area contributed by atoms with Gasteiger partial charge in [-0.3, -0.25) is 14.4 Å². The van der Waals surface area contributed by atoms with Crippen molar-refractivity contribution in [3.05, 3.63) is 93.4 Å². The minimum absolute atomic E-state index is 0.200. The van der Waals surface area contributed by atoms with Gasteiger partial charge in [0.15, 0.2) is 5.78 Å². The van der Waals surface area contributed by atoms with Crippen molar-refractivity contribution in [3.63, 3.8) is 0 Å². The van der Waals surface area contributed by atoms with Crippen molar-refractivity contribution in [2.45, 2.75) is 12.1 Å². The monoisotopic (exact) mass is 562 g/mol. The van der Waals surface area contributed by atoms with E-state index in [4.69, 9.17) is 16.3 Å². The maximum absolute atomic E-state index is 14.0. The van der Waals surface area contributed by atoms with Crippen LogP contribution in [0.5, 0.6) is 5.75 Å². The molecule has 0 aliphatic carbocycles. The zero-order valence-electron chi connectivity index (χ0n) is 19.1. The molecule has 3 heterocycles. The third-order valence-electron chi connectivity index (χ3n) is 7.20. The lowest BCUT2D eigenvalue weighted by Gasteiger charge is -2.36. The maximum Gasteiger partial charge on any atom is 0.240 e. The van der Waals surface area contributed by atoms with Crippen LogP contribution in [0.15, 0.2) is 77.3 Å². The number of halogens is 2. The van der Waals surface area contributed by atoms with Crippen LogP contribution in [0.3, 0.4) is 0 Å². The molecule has 0 N–H and O–H groups in total. The first-order valence-corrected chi connectivity index (χ1v) is 12.6. The molecule has 3 aliphatic rings. The first kappa shape index (κ1) is 23.0. The van der Waals surface area contributed by atoms with Crippen molar-refractivity contribution in [3.8, 4) is 5.75 Å². The molecule has 3 aromatic rings. The molecule has 0 unspecified atom stereocenters. The molecule has 2 amide bonds. The molecule has 0 bridgehead atoms. The van der Waals surface area contributed by atoms with E-state index in [1.165, 1.54) is 4.90 Å². The highest BCUT2D eigenvalue weighted by Gasteiger charge is 2.64. The minimum Gasteiger partial charge on any atom is -0.497 e. The molecule has 6 nitrogen and oxygen atoms in total. The van der Waals surface area contributed by atoms with E-state index in [1.54, 1.807) is 61.7 Å². The fourth-order valence-corrected chi connectivity index (χ4v) is 6.06. The summed E-state index contributed by atoms with van der Waals surface area (Å²) < 4.78 is 6.06. The Morgan fingerprint density at radius 3 is 2.33 bits per heavy atom. The number of hydrogen-bond acceptors (Lipinski definition) is 5. The number of amides is 2. The molecule has 0 spiro atoms. The third kappa shape index (κ3) is 3.41. The van der Waals surface area contributed by atoms with Gasteiger partial charge >= 0.3 is 0 Å². The molecule has 0 saturated carbocycles. The van der Waals surface area contributed by atoms with Gasteiger partial charge in [-0.05, 0) is 60.2 Å². The molecular formula is C28H20BrClN2O4. The first-order valence-electron chi connectivity index (χ1n) is 11.5. The van der Waals surface area contributed by atoms with Gasteiger partial charge < -0.3 is 9.64 Å². The van der Waals surface area contributed by atoms with Gasteiger partial charge in [-0.15, -0.1) is 0 Å². The van der Waals surface area contributed by atoms with Gasteiger partial charge in [0.05, 0.1) is 30.7 Å². The predicted octanol–water partition coefficient (Wildman–Crippen LogP) is 5.38. The Balaban J connectivity index is 1.47. The van der Waals surface area contributed by atoms with E-state index < -0.39 is 23.9 Å². The fourth-order valence-electron chi connectivity index (χ4n) is 5.61. The topological polar surface area (TPSA) is 66.9 Å². The minimum atomic E-state index is -0.842. The molecule has 6 rings (SSSR count). The number of ether oxygens (including phenoxy) is 1. The number of Topliss-reactive ketones (excluding diaryl/α,β-unsaturated/α-hetero) is 1. The molecule has 0 radical (unpaired) electrons. The summed E-state index contributed by atoms with van der Waals surface area (Å²) in [6.45, 7) is 0. The fraction of sp³-hybridized carbons (Fsp3) is 0.179. The summed E-state index contributed by atoms with van der Waals surface area (Å²) in [5, 5.41) is 0.574. The maximum atomic E-state index is 14.0. The van der Waals surface area contributed by atoms with Crippen molar-refractivity contribution < 1.29 is 19.1 Å². The molecule has 3 aliphatic heterocycles. The van der Waals surface area contributed by atoms with Crippen molar-refractivity contribution in [2.75, 3.05) is 16.9 Å². The number of hydrogen-bond donors (Lipinski definition) is 0. The van der Waals surface area contributed by atoms with Gasteiger partial charge in [0.25, 0.3) is 0 Å². The number of anilines is 2. The number of methoxy groups -OCH3 is 1. The van der Waals surface area contributed by atoms with Gasteiger partial charge in [0.2, 0.25) is 11.8 Å². The quantitative estimate of drug-likeness (QED) is 0.315. The normalized spacial score (nSPS) is 24.0. The molecule has 180 valence electrons. The SMILES string of the molecule is COc1ccc(N2C(=O)[C@@H]3[C@@H](C2=O)[C@@H](C(=O)c2ccc(Br)cc2)N2c4ccc(Cl)cc4C=C[C@H]32)cc1. The summed E-state index contributed by atoms with van der Waals surface area (Å²) in [4.78, 5) is 44.9. The van der Waals surface area contributed by atoms with Crippen molar-refractivity contribution in [1.82, 2.24) is 0 Å². The van der Waals surface area contributed by atoms with Crippen LogP contribution >= 0.6 is 27.5 Å². The van der Waals surface area contributed by atoms with Crippen molar-refractivity contribution in [2.24, 2.45) is 11.8 Å². The van der Waals surface area contributed by atoms with Gasteiger partial charge in [-0.1, -0.05) is 51.8 Å². The number of carbonyl (C=O) groups excluding carboxylic acids is 3. The molecular weight excluding hydrogens is 544 g/mol. The highest BCUT2D eigenvalue weighted by Crippen LogP contribution is 2.50. The Morgan fingerprint density at radius 2 is 1.64 bits per heavy atom. The van der Waals surface area contributed by atoms with E-state index >= 15 is 0 Å². The van der Waals surface area contributed by atoms with Gasteiger partial charge in [0, 0.05) is 20.7 Å². The van der Waals surface area contributed by atoms with Crippen LogP contribution < -0.4 is 14.5 Å². The van der Waals surface area contributed by atoms with Crippen molar-refractivity contribution in [1.29, 1.82) is 0 Å². The largest absolute Gasteiger partial charge is 0.497 e. The van der Waals surface area contributed by atoms with Gasteiger partial charge in [-0.2, -0.15) is 0 Å². The number of carbonyl (C=O) groups is 3. The summed E-state index contributed by atoms with van der Waals surface area (Å²) in [6, 6.07) is 18.0. The summed E-state index contributed by atoms with van der Waals surface area (Å²) in [5.41, 5.74) is 2.58. The highest BCUT2D eigenvalue weighted by molar-refractivity contribution is 9.10. The molecule has 2 saturated heterocycles. The molecule has 2 fully saturated rings. The molecule has 0 aromatic heterocycles. The zero-order chi connectivity index (χ0) is 25.1. The average molecular weight is 564 g/mol. The van der Waals surface area contributed by atoms with E-state index in [2.05, 4.69) is 15.9 Å². The molecule has 36 heavy (non-hydrogen) atoms. The summed E-state index contributed by atoms with van der Waals surface area (Å²) in [6.07, 6.45) is 3.83. The Hall–Kier alpha value is -3.42. The van der Waals surface area contributed by atoms with Gasteiger partial charge in [-0.25, -0.2) is 4.90 Å². The first-order chi connectivity index (χ1) is 17.4. The number of benzene rings is 3. The second-order valence-corrected chi connectivity index (χ2v) is 10.4. The standard InChI is InChI=1S/C28H20BrClN2O4/c1-36-20-10-8-19(9-11-20)31-27(34)23-22-12-4-16-14-18(30)7-13-21(16)32(22)25(24(23)28(31)35)26(33)15-2-5-17(29)6-3-15/h2-14,22-25H,1H3/t22-,23+,24-,25+/m1/s1. The second kappa shape index (κ2) is 8.61. The predicted molar refractivity (Wildman–Crippen MR) is 141 cm³/mol. The molecule has 4 atom stereocenters. The van der Waals surface area contributed by atoms with Crippen LogP contribution in [-0.2, 0) is 9.59 Å². The number of rotatable bonds is 4. The second-order valence-electron chi connectivity index (χ2n) is 9.04. The van der Waals surface area contributed by atoms with E-state index in [1.807, 2.05) is 29.2 Å². The van der Waals surface area contributed by atoms with Gasteiger partial charge in [0.1, 0.15) is 11.8 Å². The van der Waals surface area contributed by atoms with E-state index in [-0.39, 0.29) is 17.6 Å². The smallest absolute Gasteiger partial charge is 0.240 e. The van der Waals surface area contributed by atoms with E-state index in [9.17, 15) is 14.4 Å². The summed E-state index contributed by atoms with van der Waals surface area (Å²) in [5.74, 6) is -1.77. The summed E-state index contributed by atoms with van der Waals surface area (Å²) in [7, 11) is 1.55. The Labute approximate surface area is 221 Å². The Bertz CT molecular complexity index is 1440. The van der Waals surface area contributed by atoms with Crippen LogP contribution in [-0.4, -0.2) is 36.8 Å². The van der Waals surface area contributed by atoms with Crippen molar-refractivity contribution >= 4 is 62.6 Å². The lowest BCUT2D eigenvalue weighted by Crippen LogP contribution is -2.48. The number of nitrogens with zero attached hydrogens (tertiary/aromatic N) is 2. The molecule has 3 aromatic carbocycles. The van der Waals surface area contributed by atoms with Crippen LogP contribution in [0.1, 0.15) is 15.9 Å². The highest BCUT2D eigenvalue weighted by atomic mass is 79.9. The molecule has 8 heteroatoms. The van der Waals surface area contributed by atoms with E-state index in [0.29, 0.717) is 22.0 Å². The van der Waals surface area contributed by atoms with Crippen LogP contribution in [0.2, 0.25) is 5.02 Å². The lowest BCUT2D eigenvalue weighted by atomic mass is 9.86. The Kier molecular flexibility index (Phi) is 5.50. The van der Waals surface area contributed by atoms with Crippen LogP contribution in [0.25, 0.3) is 6.08 Å².